The van der Waals surface area contributed by atoms with Gasteiger partial charge in [0.05, 0.1) is 5.56 Å². The lowest BCUT2D eigenvalue weighted by Crippen LogP contribution is -2.47. The number of hydrogen-bond acceptors (Lipinski definition) is 6. The first-order valence-corrected chi connectivity index (χ1v) is 17.8. The van der Waals surface area contributed by atoms with Crippen LogP contribution in [0.3, 0.4) is 0 Å². The van der Waals surface area contributed by atoms with Gasteiger partial charge < -0.3 is 9.94 Å². The zero-order chi connectivity index (χ0) is 33.8. The van der Waals surface area contributed by atoms with E-state index in [1.54, 1.807) is 24.3 Å². The number of carbonyl (C=O) groups is 4. The maximum atomic E-state index is 14.4. The van der Waals surface area contributed by atoms with Crippen LogP contribution in [0.2, 0.25) is 0 Å². The Balaban J connectivity index is 1.28. The van der Waals surface area contributed by atoms with Crippen molar-refractivity contribution in [3.8, 4) is 11.5 Å². The number of fused-ring (bicyclic) bond motifs is 2. The van der Waals surface area contributed by atoms with Gasteiger partial charge in [0.15, 0.2) is 11.9 Å². The lowest BCUT2D eigenvalue weighted by Gasteiger charge is -2.37. The van der Waals surface area contributed by atoms with Crippen molar-refractivity contribution in [2.24, 2.45) is 0 Å². The second kappa shape index (κ2) is 10.7. The molecule has 0 saturated heterocycles. The number of carbonyl (C=O) groups excluding carboxylic acids is 4. The molecule has 0 spiro atoms. The van der Waals surface area contributed by atoms with Gasteiger partial charge in [0.1, 0.15) is 5.75 Å². The van der Waals surface area contributed by atoms with Gasteiger partial charge in [0.2, 0.25) is 6.20 Å². The van der Waals surface area contributed by atoms with Gasteiger partial charge in [-0.1, -0.05) is 56.7 Å². The van der Waals surface area contributed by atoms with E-state index in [1.165, 1.54) is 22.2 Å². The molecule has 0 unspecified atom stereocenters. The van der Waals surface area contributed by atoms with E-state index in [0.717, 1.165) is 85.8 Å². The standard InChI is InChI=1S/C41H33N3O6/c45-38-28-16-13-25-26-14-17-30-35-31(41(48)44(40(30)47)23-10-5-2-6-11-23)20-32(50-24-12-7-19-42(49)21-24)36(37(26)35)27-15-18-29(34(28)33(25)27)39(46)43(38)22-8-3-1-4-9-22/h7,12-23H,1-6,8-11H2. The van der Waals surface area contributed by atoms with Gasteiger partial charge in [-0.2, -0.15) is 4.73 Å². The van der Waals surface area contributed by atoms with E-state index in [4.69, 9.17) is 4.74 Å². The van der Waals surface area contributed by atoms with Crippen molar-refractivity contribution in [1.82, 2.24) is 9.80 Å². The fourth-order valence-electron chi connectivity index (χ4n) is 9.41. The molecule has 3 heterocycles. The summed E-state index contributed by atoms with van der Waals surface area (Å²) in [7, 11) is 0. The maximum Gasteiger partial charge on any atom is 0.261 e. The third-order valence-electron chi connectivity index (χ3n) is 11.6. The second-order valence-electron chi connectivity index (χ2n) is 14.3. The topological polar surface area (TPSA) is 111 Å². The molecule has 248 valence electrons. The molecule has 4 amide bonds. The van der Waals surface area contributed by atoms with Gasteiger partial charge in [-0.25, -0.2) is 0 Å². The third kappa shape index (κ3) is 3.97. The zero-order valence-electron chi connectivity index (χ0n) is 27.4. The predicted molar refractivity (Wildman–Crippen MR) is 188 cm³/mol. The Bertz CT molecular complexity index is 2470. The Labute approximate surface area is 286 Å². The van der Waals surface area contributed by atoms with E-state index in [2.05, 4.69) is 0 Å². The number of amides is 4. The highest BCUT2D eigenvalue weighted by molar-refractivity contribution is 6.42. The van der Waals surface area contributed by atoms with Crippen molar-refractivity contribution >= 4 is 66.7 Å². The average molecular weight is 664 g/mol. The van der Waals surface area contributed by atoms with E-state index >= 15 is 0 Å². The van der Waals surface area contributed by atoms with Crippen LogP contribution in [0, 0.1) is 5.21 Å². The van der Waals surface area contributed by atoms with Crippen LogP contribution in [0.15, 0.2) is 67.0 Å². The van der Waals surface area contributed by atoms with Crippen LogP contribution in [-0.4, -0.2) is 45.5 Å². The summed E-state index contributed by atoms with van der Waals surface area (Å²) in [5, 5.41) is 17.9. The van der Waals surface area contributed by atoms with Crippen molar-refractivity contribution in [2.45, 2.75) is 76.3 Å². The first-order valence-electron chi connectivity index (χ1n) is 17.8. The summed E-state index contributed by atoms with van der Waals surface area (Å²) in [6.45, 7) is 0. The quantitative estimate of drug-likeness (QED) is 0.0621. The second-order valence-corrected chi connectivity index (χ2v) is 14.3. The fourth-order valence-corrected chi connectivity index (χ4v) is 9.41. The summed E-state index contributed by atoms with van der Waals surface area (Å²) in [5.74, 6) is -0.528. The molecular formula is C41H33N3O6. The largest absolute Gasteiger partial charge is 0.619 e. The summed E-state index contributed by atoms with van der Waals surface area (Å²) in [6, 6.07) is 15.9. The van der Waals surface area contributed by atoms with Gasteiger partial charge in [-0.3, -0.25) is 29.0 Å². The van der Waals surface area contributed by atoms with Crippen LogP contribution in [0.5, 0.6) is 11.5 Å². The molecule has 4 aliphatic rings. The van der Waals surface area contributed by atoms with Crippen LogP contribution in [-0.2, 0) is 0 Å². The Kier molecular flexibility index (Phi) is 6.29. The van der Waals surface area contributed by atoms with Crippen molar-refractivity contribution < 1.29 is 28.6 Å². The van der Waals surface area contributed by atoms with E-state index in [0.29, 0.717) is 54.3 Å². The molecule has 50 heavy (non-hydrogen) atoms. The zero-order valence-corrected chi connectivity index (χ0v) is 27.4. The highest BCUT2D eigenvalue weighted by Crippen LogP contribution is 2.50. The Morgan fingerprint density at radius 1 is 0.560 bits per heavy atom. The molecule has 0 bridgehead atoms. The molecule has 0 N–H and O–H groups in total. The SMILES string of the molecule is O=C1c2ccc3c4ccc5c6c(cc(Oc7ccc[n+]([O-])c7)c(c7ccc(c2c37)C(=O)N1C1CCCCC1)c64)C(=O)N(C1CCCCC1)C5=O. The van der Waals surface area contributed by atoms with Gasteiger partial charge >= 0.3 is 0 Å². The van der Waals surface area contributed by atoms with Crippen LogP contribution < -0.4 is 9.47 Å². The highest BCUT2D eigenvalue weighted by Gasteiger charge is 2.41. The fraction of sp³-hybridized carbons (Fsp3) is 0.293. The normalized spacial score (nSPS) is 18.8. The van der Waals surface area contributed by atoms with E-state index in [-0.39, 0.29) is 41.5 Å². The first kappa shape index (κ1) is 29.4. The molecule has 0 atom stereocenters. The van der Waals surface area contributed by atoms with Crippen LogP contribution >= 0.6 is 0 Å². The maximum absolute atomic E-state index is 14.4. The molecule has 6 aromatic rings. The van der Waals surface area contributed by atoms with E-state index < -0.39 is 0 Å². The summed E-state index contributed by atoms with van der Waals surface area (Å²) in [4.78, 5) is 59.9. The molecule has 9 heteroatoms. The van der Waals surface area contributed by atoms with Gasteiger partial charge in [0, 0.05) is 56.4 Å². The highest BCUT2D eigenvalue weighted by atomic mass is 16.5. The number of aromatic nitrogens is 1. The van der Waals surface area contributed by atoms with Gasteiger partial charge in [0.25, 0.3) is 23.6 Å². The van der Waals surface area contributed by atoms with E-state index in [1.807, 2.05) is 30.3 Å². The smallest absolute Gasteiger partial charge is 0.261 e. The number of nitrogens with zero attached hydrogens (tertiary/aromatic N) is 3. The van der Waals surface area contributed by atoms with Crippen LogP contribution in [0.4, 0.5) is 0 Å². The Morgan fingerprint density at radius 3 is 1.62 bits per heavy atom. The summed E-state index contributed by atoms with van der Waals surface area (Å²) in [5.41, 5.74) is 1.84. The van der Waals surface area contributed by atoms with Crippen LogP contribution in [0.25, 0.3) is 43.1 Å². The number of rotatable bonds is 4. The monoisotopic (exact) mass is 663 g/mol. The van der Waals surface area contributed by atoms with Crippen LogP contribution in [0.1, 0.15) is 106 Å². The third-order valence-corrected chi connectivity index (χ3v) is 11.6. The van der Waals surface area contributed by atoms with Gasteiger partial charge in [-0.15, -0.1) is 0 Å². The number of benzene rings is 5. The lowest BCUT2D eigenvalue weighted by atomic mass is 9.81. The number of imide groups is 2. The summed E-state index contributed by atoms with van der Waals surface area (Å²) in [6.07, 6.45) is 12.0. The summed E-state index contributed by atoms with van der Waals surface area (Å²) < 4.78 is 7.16. The molecule has 9 nitrogen and oxygen atoms in total. The van der Waals surface area contributed by atoms with Crippen molar-refractivity contribution in [3.63, 3.8) is 0 Å². The first-order chi connectivity index (χ1) is 24.4. The molecule has 2 fully saturated rings. The summed E-state index contributed by atoms with van der Waals surface area (Å²) >= 11 is 0. The van der Waals surface area contributed by atoms with Crippen molar-refractivity contribution in [1.29, 1.82) is 0 Å². The average Bonchev–Trinajstić information content (AvgIpc) is 3.13. The molecule has 5 aromatic carbocycles. The van der Waals surface area contributed by atoms with E-state index in [9.17, 15) is 24.4 Å². The van der Waals surface area contributed by atoms with Gasteiger partial charge in [-0.05, 0) is 77.6 Å². The van der Waals surface area contributed by atoms with Crippen molar-refractivity contribution in [3.05, 3.63) is 94.5 Å². The predicted octanol–water partition coefficient (Wildman–Crippen LogP) is 8.02. The minimum Gasteiger partial charge on any atom is -0.619 e. The minimum atomic E-state index is -0.343. The molecule has 1 aromatic heterocycles. The molecule has 2 aliphatic heterocycles. The molecule has 10 rings (SSSR count). The molecule has 2 aliphatic carbocycles. The van der Waals surface area contributed by atoms with Crippen molar-refractivity contribution in [2.75, 3.05) is 0 Å². The molecular weight excluding hydrogens is 630 g/mol. The number of ether oxygens (including phenoxy) is 1. The number of hydrogen-bond donors (Lipinski definition) is 0. The molecule has 2 saturated carbocycles. The minimum absolute atomic E-state index is 0.117. The Hall–Kier alpha value is -5.57. The Morgan fingerprint density at radius 2 is 1.06 bits per heavy atom. The lowest BCUT2D eigenvalue weighted by molar-refractivity contribution is -0.605. The molecule has 0 radical (unpaired) electrons. The number of pyridine rings is 1.